The van der Waals surface area contributed by atoms with Gasteiger partial charge in [-0.15, -0.1) is 0 Å². The van der Waals surface area contributed by atoms with E-state index in [2.05, 4.69) is 10.3 Å². The van der Waals surface area contributed by atoms with Gasteiger partial charge >= 0.3 is 6.03 Å². The SMILES string of the molecule is CC(C)NCCN1C(=O)N2C(Cc3cccc(O)c3)c3[nH]c4cc(F)c(Cl)cc4c3C[C@@]2(C)C1=O. The van der Waals surface area contributed by atoms with E-state index in [4.69, 9.17) is 11.6 Å². The molecule has 0 saturated carbocycles. The molecule has 1 aromatic heterocycles. The van der Waals surface area contributed by atoms with Gasteiger partial charge in [0.1, 0.15) is 17.1 Å². The van der Waals surface area contributed by atoms with Crippen molar-refractivity contribution in [1.82, 2.24) is 20.1 Å². The third-order valence-electron chi connectivity index (χ3n) is 7.05. The molecule has 3 aromatic rings. The van der Waals surface area contributed by atoms with E-state index in [-0.39, 0.29) is 35.3 Å². The van der Waals surface area contributed by atoms with Gasteiger partial charge in [-0.05, 0) is 48.7 Å². The van der Waals surface area contributed by atoms with Crippen molar-refractivity contribution in [2.75, 3.05) is 13.1 Å². The lowest BCUT2D eigenvalue weighted by Gasteiger charge is -2.42. The molecule has 1 fully saturated rings. The molecule has 0 spiro atoms. The molecule has 3 amide bonds. The minimum Gasteiger partial charge on any atom is -0.508 e. The van der Waals surface area contributed by atoms with Gasteiger partial charge in [-0.1, -0.05) is 37.6 Å². The highest BCUT2D eigenvalue weighted by Crippen LogP contribution is 2.47. The molecule has 3 heterocycles. The summed E-state index contributed by atoms with van der Waals surface area (Å²) in [7, 11) is 0. The molecule has 5 rings (SSSR count). The molecule has 1 unspecified atom stereocenters. The maximum absolute atomic E-state index is 14.2. The van der Waals surface area contributed by atoms with Gasteiger partial charge in [-0.2, -0.15) is 0 Å². The molecule has 7 nitrogen and oxygen atoms in total. The highest BCUT2D eigenvalue weighted by molar-refractivity contribution is 6.31. The quantitative estimate of drug-likeness (QED) is 0.436. The van der Waals surface area contributed by atoms with Crippen LogP contribution in [0.15, 0.2) is 36.4 Å². The molecule has 2 aliphatic heterocycles. The lowest BCUT2D eigenvalue weighted by atomic mass is 9.81. The summed E-state index contributed by atoms with van der Waals surface area (Å²) in [5, 5.41) is 14.0. The van der Waals surface area contributed by atoms with Crippen LogP contribution in [0.3, 0.4) is 0 Å². The smallest absolute Gasteiger partial charge is 0.328 e. The summed E-state index contributed by atoms with van der Waals surface area (Å²) in [6, 6.07) is 9.15. The molecule has 3 N–H and O–H groups in total. The van der Waals surface area contributed by atoms with E-state index >= 15 is 0 Å². The van der Waals surface area contributed by atoms with Crippen LogP contribution in [-0.4, -0.2) is 56.5 Å². The largest absolute Gasteiger partial charge is 0.508 e. The number of aromatic amines is 1. The first-order chi connectivity index (χ1) is 16.6. The van der Waals surface area contributed by atoms with Crippen molar-refractivity contribution in [3.05, 3.63) is 64.1 Å². The van der Waals surface area contributed by atoms with E-state index < -0.39 is 17.4 Å². The Kier molecular flexibility index (Phi) is 5.76. The second-order valence-electron chi connectivity index (χ2n) is 9.89. The molecule has 2 aliphatic rings. The number of imide groups is 1. The molecule has 2 atom stereocenters. The summed E-state index contributed by atoms with van der Waals surface area (Å²) in [5.41, 5.74) is 1.90. The molecule has 2 aromatic carbocycles. The standard InChI is InChI=1S/C26H28ClFN4O3/c1-14(2)29-7-8-31-24(34)26(3)13-18-17-11-19(27)20(28)12-21(17)30-23(18)22(32(26)25(31)35)10-15-5-4-6-16(33)9-15/h4-6,9,11-12,14,22,29-30,33H,7-8,10,13H2,1-3H3/t22?,26-/m0/s1. The minimum absolute atomic E-state index is 0.00613. The fraction of sp³-hybridized carbons (Fsp3) is 0.385. The van der Waals surface area contributed by atoms with Crippen LogP contribution >= 0.6 is 11.6 Å². The van der Waals surface area contributed by atoms with Crippen molar-refractivity contribution in [2.45, 2.75) is 51.2 Å². The van der Waals surface area contributed by atoms with E-state index in [0.717, 1.165) is 22.2 Å². The lowest BCUT2D eigenvalue weighted by molar-refractivity contribution is -0.133. The van der Waals surface area contributed by atoms with Crippen LogP contribution in [-0.2, 0) is 17.6 Å². The number of halogens is 2. The topological polar surface area (TPSA) is 88.7 Å². The number of aromatic hydroxyl groups is 1. The monoisotopic (exact) mass is 498 g/mol. The van der Waals surface area contributed by atoms with Gasteiger partial charge in [0.25, 0.3) is 5.91 Å². The molecular formula is C26H28ClFN4O3. The average Bonchev–Trinajstić information content (AvgIpc) is 3.21. The summed E-state index contributed by atoms with van der Waals surface area (Å²) >= 11 is 6.11. The van der Waals surface area contributed by atoms with E-state index in [0.29, 0.717) is 24.9 Å². The van der Waals surface area contributed by atoms with Crippen molar-refractivity contribution in [1.29, 1.82) is 0 Å². The van der Waals surface area contributed by atoms with Crippen LogP contribution in [0.5, 0.6) is 5.75 Å². The van der Waals surface area contributed by atoms with Crippen LogP contribution in [0.1, 0.15) is 43.6 Å². The number of carbonyl (C=O) groups is 2. The number of aromatic nitrogens is 1. The van der Waals surface area contributed by atoms with Crippen LogP contribution in [0.2, 0.25) is 5.02 Å². The first kappa shape index (κ1) is 23.6. The molecule has 1 saturated heterocycles. The third kappa shape index (κ3) is 3.85. The number of nitrogens with zero attached hydrogens (tertiary/aromatic N) is 2. The van der Waals surface area contributed by atoms with Crippen molar-refractivity contribution in [3.8, 4) is 5.75 Å². The molecule has 9 heteroatoms. The molecule has 0 aliphatic carbocycles. The number of phenols is 1. The fourth-order valence-electron chi connectivity index (χ4n) is 5.44. The summed E-state index contributed by atoms with van der Waals surface area (Å²) < 4.78 is 14.2. The van der Waals surface area contributed by atoms with Gasteiger partial charge in [0, 0.05) is 42.1 Å². The van der Waals surface area contributed by atoms with Gasteiger partial charge in [0.15, 0.2) is 0 Å². The number of carbonyl (C=O) groups excluding carboxylic acids is 2. The number of phenolic OH excluding ortho intramolecular Hbond substituents is 1. The number of rotatable bonds is 6. The molecule has 0 bridgehead atoms. The predicted molar refractivity (Wildman–Crippen MR) is 132 cm³/mol. The first-order valence-electron chi connectivity index (χ1n) is 11.8. The number of hydrogen-bond donors (Lipinski definition) is 3. The fourth-order valence-corrected chi connectivity index (χ4v) is 5.60. The van der Waals surface area contributed by atoms with Crippen molar-refractivity contribution in [3.63, 3.8) is 0 Å². The second kappa shape index (κ2) is 8.53. The zero-order valence-electron chi connectivity index (χ0n) is 19.9. The Morgan fingerprint density at radius 1 is 1.29 bits per heavy atom. The molecule has 35 heavy (non-hydrogen) atoms. The van der Waals surface area contributed by atoms with Crippen LogP contribution in [0.25, 0.3) is 10.9 Å². The van der Waals surface area contributed by atoms with Crippen LogP contribution in [0, 0.1) is 5.82 Å². The number of nitrogens with one attached hydrogen (secondary N) is 2. The van der Waals surface area contributed by atoms with Gasteiger partial charge in [0.2, 0.25) is 0 Å². The Labute approximate surface area is 207 Å². The van der Waals surface area contributed by atoms with Crippen LogP contribution in [0.4, 0.5) is 9.18 Å². The van der Waals surface area contributed by atoms with Crippen molar-refractivity contribution < 1.29 is 19.1 Å². The average molecular weight is 499 g/mol. The van der Waals surface area contributed by atoms with E-state index in [1.54, 1.807) is 36.1 Å². The van der Waals surface area contributed by atoms with Crippen molar-refractivity contribution in [2.24, 2.45) is 0 Å². The maximum atomic E-state index is 14.2. The van der Waals surface area contributed by atoms with E-state index in [1.807, 2.05) is 19.9 Å². The second-order valence-corrected chi connectivity index (χ2v) is 10.3. The third-order valence-corrected chi connectivity index (χ3v) is 7.34. The van der Waals surface area contributed by atoms with Crippen LogP contribution < -0.4 is 5.32 Å². The van der Waals surface area contributed by atoms with Gasteiger partial charge in [-0.3, -0.25) is 9.69 Å². The summed E-state index contributed by atoms with van der Waals surface area (Å²) in [4.78, 5) is 33.7. The highest BCUT2D eigenvalue weighted by atomic mass is 35.5. The highest BCUT2D eigenvalue weighted by Gasteiger charge is 2.59. The Morgan fingerprint density at radius 2 is 2.06 bits per heavy atom. The predicted octanol–water partition coefficient (Wildman–Crippen LogP) is 4.53. The Bertz CT molecular complexity index is 1340. The zero-order chi connectivity index (χ0) is 25.1. The van der Waals surface area contributed by atoms with E-state index in [1.165, 1.54) is 11.0 Å². The Balaban J connectivity index is 1.62. The number of H-pyrrole nitrogens is 1. The van der Waals surface area contributed by atoms with Gasteiger partial charge < -0.3 is 20.3 Å². The molecule has 0 radical (unpaired) electrons. The molecular weight excluding hydrogens is 471 g/mol. The zero-order valence-corrected chi connectivity index (χ0v) is 20.6. The lowest BCUT2D eigenvalue weighted by Crippen LogP contribution is -2.53. The number of benzene rings is 2. The minimum atomic E-state index is -1.10. The van der Waals surface area contributed by atoms with Crippen molar-refractivity contribution >= 4 is 34.4 Å². The summed E-state index contributed by atoms with van der Waals surface area (Å²) in [6.45, 7) is 6.58. The Morgan fingerprint density at radius 3 is 2.77 bits per heavy atom. The number of fused-ring (bicyclic) bond motifs is 4. The van der Waals surface area contributed by atoms with Gasteiger partial charge in [-0.25, -0.2) is 9.18 Å². The number of urea groups is 1. The maximum Gasteiger partial charge on any atom is 0.328 e. The number of hydrogen-bond acceptors (Lipinski definition) is 4. The Hall–Kier alpha value is -3.10. The molecule has 184 valence electrons. The summed E-state index contributed by atoms with van der Waals surface area (Å²) in [5.74, 6) is -0.663. The summed E-state index contributed by atoms with van der Waals surface area (Å²) in [6.07, 6.45) is 0.663. The number of amides is 3. The first-order valence-corrected chi connectivity index (χ1v) is 12.1. The van der Waals surface area contributed by atoms with E-state index in [9.17, 15) is 19.1 Å². The van der Waals surface area contributed by atoms with Gasteiger partial charge in [0.05, 0.1) is 11.1 Å². The normalized spacial score (nSPS) is 21.8.